The molecule has 0 saturated carbocycles. The molecule has 2 aliphatic rings. The normalized spacial score (nSPS) is 19.4. The molecule has 1 fully saturated rings. The Bertz CT molecular complexity index is 814. The summed E-state index contributed by atoms with van der Waals surface area (Å²) in [5.74, 6) is 0.176. The van der Waals surface area contributed by atoms with Crippen LogP contribution in [-0.4, -0.2) is 54.0 Å². The zero-order valence-electron chi connectivity index (χ0n) is 17.1. The topological polar surface area (TPSA) is 35.6 Å². The second-order valence-corrected chi connectivity index (χ2v) is 8.25. The molecule has 1 aliphatic heterocycles. The van der Waals surface area contributed by atoms with Gasteiger partial charge in [-0.3, -0.25) is 9.69 Å². The van der Waals surface area contributed by atoms with Gasteiger partial charge in [0.2, 0.25) is 5.91 Å². The summed E-state index contributed by atoms with van der Waals surface area (Å²) in [7, 11) is 0. The molecule has 4 heteroatoms. The molecule has 0 atom stereocenters. The van der Waals surface area contributed by atoms with E-state index in [1.54, 1.807) is 0 Å². The van der Waals surface area contributed by atoms with Gasteiger partial charge in [0.25, 0.3) is 0 Å². The lowest BCUT2D eigenvalue weighted by Crippen LogP contribution is -2.64. The van der Waals surface area contributed by atoms with Gasteiger partial charge in [-0.25, -0.2) is 0 Å². The van der Waals surface area contributed by atoms with Crippen LogP contribution in [-0.2, 0) is 24.2 Å². The number of benzene rings is 2. The average Bonchev–Trinajstić information content (AvgIpc) is 3.13. The predicted molar refractivity (Wildman–Crippen MR) is 113 cm³/mol. The Hall–Kier alpha value is -2.17. The van der Waals surface area contributed by atoms with Crippen LogP contribution >= 0.6 is 0 Å². The summed E-state index contributed by atoms with van der Waals surface area (Å²) in [6, 6.07) is 16.9. The first-order valence-electron chi connectivity index (χ1n) is 10.5. The average molecular weight is 378 g/mol. The molecule has 1 saturated heterocycles. The number of hydrogen-bond donors (Lipinski definition) is 1. The Morgan fingerprint density at radius 2 is 1.68 bits per heavy atom. The van der Waals surface area contributed by atoms with Crippen LogP contribution < -0.4 is 5.32 Å². The molecule has 148 valence electrons. The van der Waals surface area contributed by atoms with Gasteiger partial charge < -0.3 is 10.2 Å². The minimum absolute atomic E-state index is 0.176. The molecular weight excluding hydrogens is 346 g/mol. The van der Waals surface area contributed by atoms with E-state index in [9.17, 15) is 4.79 Å². The van der Waals surface area contributed by atoms with Gasteiger partial charge in [0.1, 0.15) is 5.54 Å². The fraction of sp³-hybridized carbons (Fsp3) is 0.458. The maximum atomic E-state index is 13.6. The van der Waals surface area contributed by atoms with Crippen molar-refractivity contribution in [2.75, 3.05) is 32.7 Å². The van der Waals surface area contributed by atoms with E-state index in [1.807, 2.05) is 0 Å². The summed E-state index contributed by atoms with van der Waals surface area (Å²) in [5.41, 5.74) is 4.59. The molecule has 1 amide bonds. The van der Waals surface area contributed by atoms with E-state index in [1.165, 1.54) is 16.7 Å². The second-order valence-electron chi connectivity index (χ2n) is 8.25. The number of likely N-dealkylation sites (N-methyl/N-ethyl adjacent to an activating group) is 1. The van der Waals surface area contributed by atoms with Gasteiger partial charge in [-0.2, -0.15) is 0 Å². The highest BCUT2D eigenvalue weighted by atomic mass is 16.2. The van der Waals surface area contributed by atoms with Gasteiger partial charge in [0.15, 0.2) is 0 Å². The zero-order valence-corrected chi connectivity index (χ0v) is 17.1. The third-order valence-corrected chi connectivity index (χ3v) is 6.47. The van der Waals surface area contributed by atoms with Crippen molar-refractivity contribution in [3.8, 4) is 0 Å². The number of carbonyl (C=O) groups excluding carboxylic acids is 1. The highest BCUT2D eigenvalue weighted by Gasteiger charge is 2.48. The third kappa shape index (κ3) is 3.71. The number of amides is 1. The van der Waals surface area contributed by atoms with Gasteiger partial charge >= 0.3 is 0 Å². The smallest absolute Gasteiger partial charge is 0.241 e. The molecule has 2 aromatic carbocycles. The first-order chi connectivity index (χ1) is 13.6. The van der Waals surface area contributed by atoms with E-state index in [0.29, 0.717) is 6.54 Å². The highest BCUT2D eigenvalue weighted by Crippen LogP contribution is 2.35. The standard InChI is InChI=1S/C24H31N3O/c1-3-26-11-13-27(14-12-26)24(16-21-9-4-5-10-22(21)17-24)23(28)25-18-20-8-6-7-19(2)15-20/h4-10,15H,3,11-14,16-18H2,1-2H3,(H,25,28). The molecule has 1 heterocycles. The van der Waals surface area contributed by atoms with Crippen molar-refractivity contribution >= 4 is 5.91 Å². The van der Waals surface area contributed by atoms with Crippen molar-refractivity contribution < 1.29 is 4.79 Å². The van der Waals surface area contributed by atoms with Gasteiger partial charge in [0, 0.05) is 45.6 Å². The minimum Gasteiger partial charge on any atom is -0.350 e. The molecule has 0 unspecified atom stereocenters. The fourth-order valence-electron chi connectivity index (χ4n) is 4.78. The summed E-state index contributed by atoms with van der Waals surface area (Å²) in [6.45, 7) is 9.98. The number of nitrogens with zero attached hydrogens (tertiary/aromatic N) is 2. The molecule has 4 rings (SSSR count). The maximum absolute atomic E-state index is 13.6. The summed E-state index contributed by atoms with van der Waals surface area (Å²) in [5, 5.41) is 3.27. The Balaban J connectivity index is 1.54. The number of hydrogen-bond acceptors (Lipinski definition) is 3. The van der Waals surface area contributed by atoms with Crippen molar-refractivity contribution in [1.29, 1.82) is 0 Å². The molecular formula is C24H31N3O. The van der Waals surface area contributed by atoms with Crippen LogP contribution in [0, 0.1) is 6.92 Å². The molecule has 0 aromatic heterocycles. The van der Waals surface area contributed by atoms with Crippen molar-refractivity contribution in [2.24, 2.45) is 0 Å². The number of carbonyl (C=O) groups is 1. The lowest BCUT2D eigenvalue weighted by Gasteiger charge is -2.44. The number of aryl methyl sites for hydroxylation is 1. The SMILES string of the molecule is CCN1CCN(C2(C(=O)NCc3cccc(C)c3)Cc3ccccc3C2)CC1. The van der Waals surface area contributed by atoms with E-state index < -0.39 is 5.54 Å². The monoisotopic (exact) mass is 377 g/mol. The fourth-order valence-corrected chi connectivity index (χ4v) is 4.78. The van der Waals surface area contributed by atoms with E-state index >= 15 is 0 Å². The van der Waals surface area contributed by atoms with Crippen LogP contribution in [0.25, 0.3) is 0 Å². The highest BCUT2D eigenvalue weighted by molar-refractivity contribution is 5.88. The third-order valence-electron chi connectivity index (χ3n) is 6.47. The number of fused-ring (bicyclic) bond motifs is 1. The lowest BCUT2D eigenvalue weighted by molar-refractivity contribution is -0.135. The minimum atomic E-state index is -0.451. The zero-order chi connectivity index (χ0) is 19.6. The second kappa shape index (κ2) is 8.06. The first-order valence-corrected chi connectivity index (χ1v) is 10.5. The van der Waals surface area contributed by atoms with E-state index in [4.69, 9.17) is 0 Å². The number of nitrogens with one attached hydrogen (secondary N) is 1. The van der Waals surface area contributed by atoms with E-state index in [0.717, 1.165) is 51.1 Å². The van der Waals surface area contributed by atoms with Crippen LogP contribution in [0.15, 0.2) is 48.5 Å². The maximum Gasteiger partial charge on any atom is 0.241 e. The molecule has 0 bridgehead atoms. The van der Waals surface area contributed by atoms with Crippen LogP contribution in [0.5, 0.6) is 0 Å². The van der Waals surface area contributed by atoms with Crippen molar-refractivity contribution in [3.05, 3.63) is 70.8 Å². The van der Waals surface area contributed by atoms with Gasteiger partial charge in [-0.05, 0) is 30.2 Å². The molecule has 0 spiro atoms. The molecule has 4 nitrogen and oxygen atoms in total. The Labute approximate surface area is 168 Å². The van der Waals surface area contributed by atoms with E-state index in [2.05, 4.69) is 77.5 Å². The largest absolute Gasteiger partial charge is 0.350 e. The summed E-state index contributed by atoms with van der Waals surface area (Å²) < 4.78 is 0. The Morgan fingerprint density at radius 1 is 1.00 bits per heavy atom. The quantitative estimate of drug-likeness (QED) is 0.870. The Morgan fingerprint density at radius 3 is 2.29 bits per heavy atom. The molecule has 28 heavy (non-hydrogen) atoms. The predicted octanol–water partition coefficient (Wildman–Crippen LogP) is 2.79. The van der Waals surface area contributed by atoms with Crippen LogP contribution in [0.1, 0.15) is 29.2 Å². The first kappa shape index (κ1) is 19.2. The van der Waals surface area contributed by atoms with E-state index in [-0.39, 0.29) is 5.91 Å². The number of piperazine rings is 1. The van der Waals surface area contributed by atoms with Crippen molar-refractivity contribution in [1.82, 2.24) is 15.1 Å². The summed E-state index contributed by atoms with van der Waals surface area (Å²) in [4.78, 5) is 18.5. The van der Waals surface area contributed by atoms with Crippen LogP contribution in [0.2, 0.25) is 0 Å². The molecule has 1 N–H and O–H groups in total. The Kier molecular flexibility index (Phi) is 5.51. The van der Waals surface area contributed by atoms with Gasteiger partial charge in [0.05, 0.1) is 0 Å². The van der Waals surface area contributed by atoms with Crippen LogP contribution in [0.3, 0.4) is 0 Å². The van der Waals surface area contributed by atoms with Crippen molar-refractivity contribution in [3.63, 3.8) is 0 Å². The van der Waals surface area contributed by atoms with Gasteiger partial charge in [-0.15, -0.1) is 0 Å². The number of rotatable bonds is 5. The summed E-state index contributed by atoms with van der Waals surface area (Å²) in [6.07, 6.45) is 1.63. The molecule has 0 radical (unpaired) electrons. The lowest BCUT2D eigenvalue weighted by atomic mass is 9.90. The van der Waals surface area contributed by atoms with Gasteiger partial charge in [-0.1, -0.05) is 61.0 Å². The van der Waals surface area contributed by atoms with Crippen molar-refractivity contribution in [2.45, 2.75) is 38.8 Å². The summed E-state index contributed by atoms with van der Waals surface area (Å²) >= 11 is 0. The molecule has 1 aliphatic carbocycles. The molecule has 2 aromatic rings. The van der Waals surface area contributed by atoms with Crippen LogP contribution in [0.4, 0.5) is 0 Å².